The smallest absolute Gasteiger partial charge is 0.319 e. The van der Waals surface area contributed by atoms with E-state index < -0.39 is 0 Å². The maximum absolute atomic E-state index is 13.6. The molecule has 5 heterocycles. The highest BCUT2D eigenvalue weighted by Gasteiger charge is 2.33. The Hall–Kier alpha value is -3.31. The van der Waals surface area contributed by atoms with Gasteiger partial charge < -0.3 is 4.90 Å². The number of thiophene rings is 1. The van der Waals surface area contributed by atoms with E-state index in [1.54, 1.807) is 22.7 Å². The summed E-state index contributed by atoms with van der Waals surface area (Å²) < 4.78 is 2.47. The Labute approximate surface area is 235 Å². The summed E-state index contributed by atoms with van der Waals surface area (Å²) in [5.74, 6) is 6.55. The van der Waals surface area contributed by atoms with E-state index in [1.807, 2.05) is 11.8 Å². The molecule has 200 valence electrons. The number of nitrogens with two attached hydrogens (primary N) is 1. The summed E-state index contributed by atoms with van der Waals surface area (Å²) in [5, 5.41) is 14.0. The number of thiazole rings is 1. The van der Waals surface area contributed by atoms with Gasteiger partial charge in [0.1, 0.15) is 0 Å². The van der Waals surface area contributed by atoms with Crippen LogP contribution in [0, 0.1) is 6.92 Å². The number of benzene rings is 2. The van der Waals surface area contributed by atoms with Crippen LogP contribution in [0.1, 0.15) is 34.7 Å². The van der Waals surface area contributed by atoms with Gasteiger partial charge in [0, 0.05) is 47.6 Å². The number of piperidine rings is 1. The number of hydrazine groups is 1. The van der Waals surface area contributed by atoms with Gasteiger partial charge in [-0.15, -0.1) is 22.7 Å². The van der Waals surface area contributed by atoms with Crippen LogP contribution in [0.3, 0.4) is 0 Å². The minimum atomic E-state index is -0.103. The molecule has 2 aliphatic heterocycles. The van der Waals surface area contributed by atoms with Crippen LogP contribution in [0.4, 0.5) is 4.79 Å². The van der Waals surface area contributed by atoms with Gasteiger partial charge >= 0.3 is 6.03 Å². The van der Waals surface area contributed by atoms with Gasteiger partial charge in [0.05, 0.1) is 33.5 Å². The lowest BCUT2D eigenvalue weighted by Crippen LogP contribution is -2.57. The average molecular weight is 558 g/mol. The van der Waals surface area contributed by atoms with E-state index in [0.717, 1.165) is 76.6 Å². The number of fused-ring (bicyclic) bond motifs is 3. The van der Waals surface area contributed by atoms with Gasteiger partial charge in [-0.3, -0.25) is 15.0 Å². The number of hydrogen-bond donors (Lipinski definition) is 2. The Morgan fingerprint density at radius 3 is 3.03 bits per heavy atom. The molecule has 3 aromatic heterocycles. The zero-order valence-corrected chi connectivity index (χ0v) is 23.5. The van der Waals surface area contributed by atoms with Gasteiger partial charge in [0.25, 0.3) is 0 Å². The van der Waals surface area contributed by atoms with E-state index in [4.69, 9.17) is 5.84 Å². The first-order valence-corrected chi connectivity index (χ1v) is 15.2. The molecule has 1 fully saturated rings. The van der Waals surface area contributed by atoms with Gasteiger partial charge in [-0.05, 0) is 60.8 Å². The van der Waals surface area contributed by atoms with Crippen LogP contribution < -0.4 is 5.84 Å². The molecular formula is C29H31N7OS2. The first-order chi connectivity index (χ1) is 19.0. The van der Waals surface area contributed by atoms with Gasteiger partial charge in [0.2, 0.25) is 0 Å². The van der Waals surface area contributed by atoms with E-state index in [0.29, 0.717) is 13.1 Å². The number of carbonyl (C=O) groups excluding carboxylic acids is 1. The number of amides is 2. The monoisotopic (exact) mass is 557 g/mol. The normalized spacial score (nSPS) is 18.1. The van der Waals surface area contributed by atoms with Crippen molar-refractivity contribution in [2.45, 2.75) is 45.3 Å². The molecule has 7 rings (SSSR count). The third-order valence-electron chi connectivity index (χ3n) is 8.02. The van der Waals surface area contributed by atoms with Crippen LogP contribution in [0.2, 0.25) is 0 Å². The molecule has 2 amide bonds. The SMILES string of the molecule is Cc1nc2ccc(-c3n[nH]c4c3CN(C(=O)N(N)[C@@H]3CCCN(Cc5csc6ccccc56)C3)CC4)cc2s1. The maximum Gasteiger partial charge on any atom is 0.334 e. The largest absolute Gasteiger partial charge is 0.334 e. The number of nitrogens with one attached hydrogen (secondary N) is 1. The summed E-state index contributed by atoms with van der Waals surface area (Å²) in [4.78, 5) is 22.5. The summed E-state index contributed by atoms with van der Waals surface area (Å²) in [6.07, 6.45) is 2.70. The number of aryl methyl sites for hydroxylation is 1. The first kappa shape index (κ1) is 24.7. The van der Waals surface area contributed by atoms with E-state index >= 15 is 0 Å². The second-order valence-electron chi connectivity index (χ2n) is 10.6. The van der Waals surface area contributed by atoms with Gasteiger partial charge in [0.15, 0.2) is 0 Å². The molecule has 5 aromatic rings. The average Bonchev–Trinajstić information content (AvgIpc) is 3.67. The fraction of sp³-hybridized carbons (Fsp3) is 0.345. The molecule has 1 saturated heterocycles. The predicted molar refractivity (Wildman–Crippen MR) is 158 cm³/mol. The number of likely N-dealkylation sites (tertiary alicyclic amines) is 1. The van der Waals surface area contributed by atoms with E-state index in [1.165, 1.54) is 20.7 Å². The molecule has 0 unspecified atom stereocenters. The molecule has 2 aromatic carbocycles. The Balaban J connectivity index is 1.05. The zero-order chi connectivity index (χ0) is 26.5. The Kier molecular flexibility index (Phi) is 6.35. The van der Waals surface area contributed by atoms with Crippen molar-refractivity contribution in [2.24, 2.45) is 5.84 Å². The summed E-state index contributed by atoms with van der Waals surface area (Å²) in [5.41, 5.74) is 6.50. The number of carbonyl (C=O) groups is 1. The number of aromatic nitrogens is 3. The Bertz CT molecular complexity index is 1670. The number of H-pyrrole nitrogens is 1. The zero-order valence-electron chi connectivity index (χ0n) is 21.9. The van der Waals surface area contributed by atoms with Crippen LogP contribution in [-0.4, -0.2) is 61.7 Å². The fourth-order valence-electron chi connectivity index (χ4n) is 6.00. The topological polar surface area (TPSA) is 94.4 Å². The second kappa shape index (κ2) is 10.0. The van der Waals surface area contributed by atoms with E-state index in [2.05, 4.69) is 67.9 Å². The van der Waals surface area contributed by atoms with Gasteiger partial charge in [-0.1, -0.05) is 24.3 Å². The molecule has 0 saturated carbocycles. The van der Waals surface area contributed by atoms with Crippen LogP contribution in [0.25, 0.3) is 31.6 Å². The Morgan fingerprint density at radius 1 is 1.21 bits per heavy atom. The predicted octanol–water partition coefficient (Wildman–Crippen LogP) is 5.53. The maximum atomic E-state index is 13.6. The molecular weight excluding hydrogens is 527 g/mol. The summed E-state index contributed by atoms with van der Waals surface area (Å²) in [7, 11) is 0. The molecule has 0 bridgehead atoms. The number of urea groups is 1. The number of nitrogens with zero attached hydrogens (tertiary/aromatic N) is 5. The molecule has 39 heavy (non-hydrogen) atoms. The standard InChI is InChI=1S/C29H31N7OS2/c1-18-31-25-9-8-19(13-27(25)39-18)28-23-16-35(12-10-24(23)32-33-28)29(37)36(30)21-5-4-11-34(15-21)14-20-17-38-26-7-3-2-6-22(20)26/h2-3,6-9,13,17,21H,4-5,10-12,14-16,30H2,1H3,(H,32,33)/t21-/m1/s1. The number of rotatable bonds is 4. The van der Waals surface area contributed by atoms with Crippen molar-refractivity contribution in [1.82, 2.24) is 30.0 Å². The summed E-state index contributed by atoms with van der Waals surface area (Å²) in [6, 6.07) is 14.7. The molecule has 1 atom stereocenters. The van der Waals surface area contributed by atoms with E-state index in [-0.39, 0.29) is 12.1 Å². The quantitative estimate of drug-likeness (QED) is 0.172. The number of hydrogen-bond acceptors (Lipinski definition) is 7. The lowest BCUT2D eigenvalue weighted by atomic mass is 10.0. The molecule has 0 aliphatic carbocycles. The molecule has 10 heteroatoms. The lowest BCUT2D eigenvalue weighted by molar-refractivity contribution is 0.0856. The highest BCUT2D eigenvalue weighted by molar-refractivity contribution is 7.18. The highest BCUT2D eigenvalue weighted by Crippen LogP contribution is 2.33. The Morgan fingerprint density at radius 2 is 2.10 bits per heavy atom. The van der Waals surface area contributed by atoms with Crippen LogP contribution >= 0.6 is 22.7 Å². The molecule has 8 nitrogen and oxygen atoms in total. The van der Waals surface area contributed by atoms with Crippen LogP contribution in [0.5, 0.6) is 0 Å². The van der Waals surface area contributed by atoms with Crippen molar-refractivity contribution in [1.29, 1.82) is 0 Å². The van der Waals surface area contributed by atoms with Crippen LogP contribution in [0.15, 0.2) is 47.8 Å². The minimum Gasteiger partial charge on any atom is -0.319 e. The lowest BCUT2D eigenvalue weighted by Gasteiger charge is -2.39. The van der Waals surface area contributed by atoms with Crippen molar-refractivity contribution in [2.75, 3.05) is 19.6 Å². The van der Waals surface area contributed by atoms with Crippen molar-refractivity contribution in [3.05, 3.63) is 69.7 Å². The highest BCUT2D eigenvalue weighted by atomic mass is 32.1. The van der Waals surface area contributed by atoms with Gasteiger partial charge in [-0.2, -0.15) is 5.10 Å². The van der Waals surface area contributed by atoms with Crippen LogP contribution in [-0.2, 0) is 19.5 Å². The second-order valence-corrected chi connectivity index (χ2v) is 12.7. The third-order valence-corrected chi connectivity index (χ3v) is 9.97. The first-order valence-electron chi connectivity index (χ1n) is 13.5. The fourth-order valence-corrected chi connectivity index (χ4v) is 7.82. The van der Waals surface area contributed by atoms with Crippen molar-refractivity contribution in [3.8, 4) is 11.3 Å². The third kappa shape index (κ3) is 4.61. The molecule has 2 aliphatic rings. The van der Waals surface area contributed by atoms with E-state index in [9.17, 15) is 4.79 Å². The summed E-state index contributed by atoms with van der Waals surface area (Å²) in [6.45, 7) is 5.86. The van der Waals surface area contributed by atoms with Gasteiger partial charge in [-0.25, -0.2) is 15.6 Å². The van der Waals surface area contributed by atoms with Crippen molar-refractivity contribution < 1.29 is 4.79 Å². The number of aromatic amines is 1. The molecule has 0 spiro atoms. The molecule has 3 N–H and O–H groups in total. The van der Waals surface area contributed by atoms with Crippen molar-refractivity contribution in [3.63, 3.8) is 0 Å². The minimum absolute atomic E-state index is 0.00153. The van der Waals surface area contributed by atoms with Crippen molar-refractivity contribution >= 4 is 49.0 Å². The summed E-state index contributed by atoms with van der Waals surface area (Å²) >= 11 is 3.48. The molecule has 0 radical (unpaired) electrons.